The Morgan fingerprint density at radius 1 is 1.27 bits per heavy atom. The molecule has 0 aliphatic carbocycles. The summed E-state index contributed by atoms with van der Waals surface area (Å²) < 4.78 is 12.6. The van der Waals surface area contributed by atoms with Gasteiger partial charge in [0.15, 0.2) is 11.5 Å². The lowest BCUT2D eigenvalue weighted by Crippen LogP contribution is -2.23. The molecule has 156 valence electrons. The minimum absolute atomic E-state index is 0.186. The Bertz CT molecular complexity index is 1020. The summed E-state index contributed by atoms with van der Waals surface area (Å²) >= 11 is 6.26. The summed E-state index contributed by atoms with van der Waals surface area (Å²) in [6, 6.07) is 13.4. The molecular weight excluding hydrogens is 402 g/mol. The zero-order valence-electron chi connectivity index (χ0n) is 17.0. The van der Waals surface area contributed by atoms with Gasteiger partial charge in [0.2, 0.25) is 5.91 Å². The van der Waals surface area contributed by atoms with Gasteiger partial charge in [-0.1, -0.05) is 29.8 Å². The van der Waals surface area contributed by atoms with Crippen LogP contribution in [0, 0.1) is 0 Å². The van der Waals surface area contributed by atoms with Crippen LogP contribution in [0.3, 0.4) is 0 Å². The van der Waals surface area contributed by atoms with Crippen molar-refractivity contribution >= 4 is 23.6 Å². The molecule has 0 bridgehead atoms. The van der Waals surface area contributed by atoms with E-state index >= 15 is 0 Å². The molecule has 1 aromatic heterocycles. The number of methoxy groups -OCH3 is 1. The summed E-state index contributed by atoms with van der Waals surface area (Å²) in [5.74, 6) is 0.841. The van der Waals surface area contributed by atoms with E-state index in [2.05, 4.69) is 10.4 Å². The van der Waals surface area contributed by atoms with Crippen LogP contribution in [-0.2, 0) is 11.2 Å². The van der Waals surface area contributed by atoms with Crippen molar-refractivity contribution in [2.24, 2.45) is 0 Å². The molecule has 0 atom stereocenters. The third kappa shape index (κ3) is 5.64. The number of hydrogen-bond donors (Lipinski definition) is 1. The van der Waals surface area contributed by atoms with E-state index in [1.807, 2.05) is 54.3 Å². The zero-order valence-corrected chi connectivity index (χ0v) is 17.7. The maximum Gasteiger partial charge on any atom is 0.244 e. The Kier molecular flexibility index (Phi) is 7.51. The Morgan fingerprint density at radius 2 is 2.07 bits per heavy atom. The van der Waals surface area contributed by atoms with Crippen LogP contribution in [0.4, 0.5) is 0 Å². The number of nitrogens with zero attached hydrogens (tertiary/aromatic N) is 2. The SMILES string of the molecule is CCOc1c(Cl)cc(/C=C/C(=O)NCCc2cnn(-c3ccccc3)c2)cc1OC. The molecule has 3 rings (SSSR count). The van der Waals surface area contributed by atoms with Gasteiger partial charge in [0.25, 0.3) is 0 Å². The largest absolute Gasteiger partial charge is 0.493 e. The van der Waals surface area contributed by atoms with Gasteiger partial charge < -0.3 is 14.8 Å². The molecule has 0 unspecified atom stereocenters. The fourth-order valence-electron chi connectivity index (χ4n) is 2.89. The number of carbonyl (C=O) groups is 1. The third-order valence-corrected chi connectivity index (χ3v) is 4.62. The van der Waals surface area contributed by atoms with Gasteiger partial charge in [-0.05, 0) is 54.8 Å². The van der Waals surface area contributed by atoms with E-state index in [0.717, 1.165) is 16.8 Å². The highest BCUT2D eigenvalue weighted by Gasteiger charge is 2.10. The highest BCUT2D eigenvalue weighted by molar-refractivity contribution is 6.32. The van der Waals surface area contributed by atoms with Crippen molar-refractivity contribution in [3.63, 3.8) is 0 Å². The predicted octanol–water partition coefficient (Wildman–Crippen LogP) is 4.31. The fourth-order valence-corrected chi connectivity index (χ4v) is 3.17. The highest BCUT2D eigenvalue weighted by Crippen LogP contribution is 2.36. The molecule has 0 spiro atoms. The minimum Gasteiger partial charge on any atom is -0.493 e. The number of nitrogens with one attached hydrogen (secondary N) is 1. The topological polar surface area (TPSA) is 65.4 Å². The Balaban J connectivity index is 1.53. The van der Waals surface area contributed by atoms with Crippen LogP contribution in [-0.4, -0.2) is 35.9 Å². The highest BCUT2D eigenvalue weighted by atomic mass is 35.5. The first-order valence-corrected chi connectivity index (χ1v) is 10.0. The van der Waals surface area contributed by atoms with Crippen LogP contribution in [0.1, 0.15) is 18.1 Å². The number of benzene rings is 2. The van der Waals surface area contributed by atoms with Crippen molar-refractivity contribution < 1.29 is 14.3 Å². The number of halogens is 1. The van der Waals surface area contributed by atoms with E-state index in [1.54, 1.807) is 25.3 Å². The average molecular weight is 426 g/mol. The van der Waals surface area contributed by atoms with E-state index in [4.69, 9.17) is 21.1 Å². The lowest BCUT2D eigenvalue weighted by atomic mass is 10.2. The van der Waals surface area contributed by atoms with Crippen molar-refractivity contribution in [2.75, 3.05) is 20.3 Å². The Labute approximate surface area is 181 Å². The maximum atomic E-state index is 12.1. The number of amides is 1. The smallest absolute Gasteiger partial charge is 0.244 e. The molecular formula is C23H24ClN3O3. The van der Waals surface area contributed by atoms with Gasteiger partial charge in [-0.2, -0.15) is 5.10 Å². The number of carbonyl (C=O) groups excluding carboxylic acids is 1. The molecule has 0 aliphatic rings. The lowest BCUT2D eigenvalue weighted by Gasteiger charge is -2.11. The van der Waals surface area contributed by atoms with Crippen LogP contribution in [0.25, 0.3) is 11.8 Å². The molecule has 1 amide bonds. The second kappa shape index (κ2) is 10.5. The number of hydrogen-bond acceptors (Lipinski definition) is 4. The molecule has 0 radical (unpaired) electrons. The standard InChI is InChI=1S/C23H24ClN3O3/c1-3-30-23-20(24)13-17(14-21(23)29-2)9-10-22(28)25-12-11-18-15-26-27(16-18)19-7-5-4-6-8-19/h4-10,13-16H,3,11-12H2,1-2H3,(H,25,28)/b10-9+. The van der Waals surface area contributed by atoms with Gasteiger partial charge in [-0.25, -0.2) is 4.68 Å². The molecule has 0 aliphatic heterocycles. The van der Waals surface area contributed by atoms with E-state index in [9.17, 15) is 4.79 Å². The Hall–Kier alpha value is -3.25. The molecule has 30 heavy (non-hydrogen) atoms. The fraction of sp³-hybridized carbons (Fsp3) is 0.217. The van der Waals surface area contributed by atoms with Crippen LogP contribution < -0.4 is 14.8 Å². The first-order valence-electron chi connectivity index (χ1n) is 9.66. The predicted molar refractivity (Wildman–Crippen MR) is 118 cm³/mol. The summed E-state index contributed by atoms with van der Waals surface area (Å²) in [5.41, 5.74) is 2.80. The molecule has 0 fully saturated rings. The number of para-hydroxylation sites is 1. The quantitative estimate of drug-likeness (QED) is 0.519. The summed E-state index contributed by atoms with van der Waals surface area (Å²) in [6.45, 7) is 2.87. The van der Waals surface area contributed by atoms with E-state index < -0.39 is 0 Å². The van der Waals surface area contributed by atoms with Crippen molar-refractivity contribution in [3.05, 3.63) is 77.1 Å². The zero-order chi connectivity index (χ0) is 21.3. The minimum atomic E-state index is -0.186. The summed E-state index contributed by atoms with van der Waals surface area (Å²) in [7, 11) is 1.55. The lowest BCUT2D eigenvalue weighted by molar-refractivity contribution is -0.116. The molecule has 0 saturated heterocycles. The second-order valence-corrected chi connectivity index (χ2v) is 6.88. The van der Waals surface area contributed by atoms with Crippen LogP contribution >= 0.6 is 11.6 Å². The summed E-state index contributed by atoms with van der Waals surface area (Å²) in [5, 5.41) is 7.67. The second-order valence-electron chi connectivity index (χ2n) is 6.47. The molecule has 3 aromatic rings. The van der Waals surface area contributed by atoms with Gasteiger partial charge in [-0.15, -0.1) is 0 Å². The van der Waals surface area contributed by atoms with Crippen molar-refractivity contribution in [1.29, 1.82) is 0 Å². The van der Waals surface area contributed by atoms with Crippen molar-refractivity contribution in [3.8, 4) is 17.2 Å². The van der Waals surface area contributed by atoms with E-state index in [0.29, 0.717) is 36.1 Å². The molecule has 2 aromatic carbocycles. The summed E-state index contributed by atoms with van der Waals surface area (Å²) in [4.78, 5) is 12.1. The first-order chi connectivity index (χ1) is 14.6. The van der Waals surface area contributed by atoms with Gasteiger partial charge in [0, 0.05) is 18.8 Å². The summed E-state index contributed by atoms with van der Waals surface area (Å²) in [6.07, 6.45) is 7.62. The first kappa shape index (κ1) is 21.5. The van der Waals surface area contributed by atoms with Crippen molar-refractivity contribution in [2.45, 2.75) is 13.3 Å². The number of rotatable bonds is 9. The van der Waals surface area contributed by atoms with Gasteiger partial charge in [0.05, 0.1) is 30.6 Å². The molecule has 1 N–H and O–H groups in total. The number of ether oxygens (including phenoxy) is 2. The van der Waals surface area contributed by atoms with Crippen LogP contribution in [0.5, 0.6) is 11.5 Å². The molecule has 0 saturated carbocycles. The van der Waals surface area contributed by atoms with Gasteiger partial charge in [0.1, 0.15) is 0 Å². The van der Waals surface area contributed by atoms with Crippen LogP contribution in [0.2, 0.25) is 5.02 Å². The van der Waals surface area contributed by atoms with Crippen LogP contribution in [0.15, 0.2) is 60.9 Å². The van der Waals surface area contributed by atoms with Crippen molar-refractivity contribution in [1.82, 2.24) is 15.1 Å². The monoisotopic (exact) mass is 425 g/mol. The normalized spacial score (nSPS) is 10.9. The van der Waals surface area contributed by atoms with Gasteiger partial charge in [-0.3, -0.25) is 4.79 Å². The third-order valence-electron chi connectivity index (χ3n) is 4.34. The molecule has 1 heterocycles. The molecule has 6 nitrogen and oxygen atoms in total. The number of aromatic nitrogens is 2. The van der Waals surface area contributed by atoms with E-state index in [-0.39, 0.29) is 5.91 Å². The van der Waals surface area contributed by atoms with Gasteiger partial charge >= 0.3 is 0 Å². The Morgan fingerprint density at radius 3 is 2.80 bits per heavy atom. The van der Waals surface area contributed by atoms with E-state index in [1.165, 1.54) is 6.08 Å². The average Bonchev–Trinajstić information content (AvgIpc) is 3.23. The maximum absolute atomic E-state index is 12.1. The molecule has 7 heteroatoms.